The van der Waals surface area contributed by atoms with Crippen LogP contribution in [0.3, 0.4) is 0 Å². The second-order valence-corrected chi connectivity index (χ2v) is 6.95. The molecule has 2 N–H and O–H groups in total. The van der Waals surface area contributed by atoms with Gasteiger partial charge in [-0.1, -0.05) is 23.9 Å². The Labute approximate surface area is 154 Å². The van der Waals surface area contributed by atoms with E-state index in [-0.39, 0.29) is 17.7 Å². The molecule has 0 bridgehead atoms. The van der Waals surface area contributed by atoms with Crippen molar-refractivity contribution in [3.05, 3.63) is 46.4 Å². The van der Waals surface area contributed by atoms with E-state index in [9.17, 15) is 22.8 Å². The fourth-order valence-corrected chi connectivity index (χ4v) is 4.10. The maximum Gasteiger partial charge on any atom is 0.418 e. The summed E-state index contributed by atoms with van der Waals surface area (Å²) in [6.45, 7) is 0. The van der Waals surface area contributed by atoms with Gasteiger partial charge in [0.05, 0.1) is 23.5 Å². The van der Waals surface area contributed by atoms with Crippen LogP contribution < -0.4 is 10.9 Å². The molecule has 0 fully saturated rings. The summed E-state index contributed by atoms with van der Waals surface area (Å²) < 4.78 is 40.6. The van der Waals surface area contributed by atoms with Gasteiger partial charge < -0.3 is 5.32 Å². The van der Waals surface area contributed by atoms with E-state index in [4.69, 9.17) is 0 Å². The summed E-state index contributed by atoms with van der Waals surface area (Å²) >= 11 is 1.31. The number of aromatic nitrogens is 4. The first-order valence-corrected chi connectivity index (χ1v) is 8.87. The minimum atomic E-state index is -4.58. The number of alkyl halides is 3. The fourth-order valence-electron chi connectivity index (χ4n) is 2.96. The second-order valence-electron chi connectivity index (χ2n) is 5.96. The number of rotatable bonds is 3. The Morgan fingerprint density at radius 2 is 2.15 bits per heavy atom. The molecule has 27 heavy (non-hydrogen) atoms. The smallest absolute Gasteiger partial charge is 0.325 e. The van der Waals surface area contributed by atoms with E-state index in [0.717, 1.165) is 6.07 Å². The molecule has 1 aliphatic heterocycles. The molecule has 1 amide bonds. The van der Waals surface area contributed by atoms with Crippen LogP contribution in [-0.4, -0.2) is 31.4 Å². The normalized spacial score (nSPS) is 16.5. The number of H-pyrrole nitrogens is 1. The van der Waals surface area contributed by atoms with Gasteiger partial charge in [0.25, 0.3) is 5.56 Å². The zero-order chi connectivity index (χ0) is 19.2. The summed E-state index contributed by atoms with van der Waals surface area (Å²) in [4.78, 5) is 29.2. The van der Waals surface area contributed by atoms with E-state index >= 15 is 0 Å². The number of hydrogen-bond acceptors (Lipinski definition) is 5. The van der Waals surface area contributed by atoms with Crippen LogP contribution in [0.5, 0.6) is 0 Å². The first-order valence-electron chi connectivity index (χ1n) is 7.89. The summed E-state index contributed by atoms with van der Waals surface area (Å²) in [6.07, 6.45) is -3.36. The lowest BCUT2D eigenvalue weighted by Gasteiger charge is -2.16. The van der Waals surface area contributed by atoms with Crippen molar-refractivity contribution < 1.29 is 18.0 Å². The molecule has 3 aromatic rings. The second kappa shape index (κ2) is 6.41. The van der Waals surface area contributed by atoms with Gasteiger partial charge >= 0.3 is 6.18 Å². The Kier molecular flexibility index (Phi) is 4.17. The Bertz CT molecular complexity index is 1090. The van der Waals surface area contributed by atoms with Gasteiger partial charge in [0, 0.05) is 12.2 Å². The molecule has 11 heteroatoms. The number of benzene rings is 1. The zero-order valence-corrected chi connectivity index (χ0v) is 14.4. The van der Waals surface area contributed by atoms with Crippen molar-refractivity contribution in [3.63, 3.8) is 0 Å². The highest BCUT2D eigenvalue weighted by atomic mass is 32.2. The van der Waals surface area contributed by atoms with E-state index in [1.165, 1.54) is 40.7 Å². The maximum absolute atomic E-state index is 13.1. The van der Waals surface area contributed by atoms with E-state index in [1.54, 1.807) is 0 Å². The predicted octanol–water partition coefficient (Wildman–Crippen LogP) is 2.81. The van der Waals surface area contributed by atoms with E-state index in [0.29, 0.717) is 21.9 Å². The van der Waals surface area contributed by atoms with Crippen molar-refractivity contribution in [1.82, 2.24) is 19.7 Å². The van der Waals surface area contributed by atoms with Crippen molar-refractivity contribution in [1.29, 1.82) is 0 Å². The standard InChI is InChI=1S/C16H12F3N5O2S/c17-16(18,19)10-3-1-2-4-11(10)21-12(25)5-8-7-27-15-22-13-9(6-20-23-13)14(26)24(8)15/h1-4,6,8H,5,7H2,(H,20,23)(H,21,25). The molecule has 1 unspecified atom stereocenters. The van der Waals surface area contributed by atoms with Crippen LogP contribution in [0.15, 0.2) is 40.4 Å². The number of carbonyl (C=O) groups excluding carboxylic acids is 1. The van der Waals surface area contributed by atoms with E-state index < -0.39 is 23.7 Å². The third kappa shape index (κ3) is 3.18. The van der Waals surface area contributed by atoms with Gasteiger partial charge in [-0.2, -0.15) is 18.3 Å². The molecule has 2 aromatic heterocycles. The van der Waals surface area contributed by atoms with Gasteiger partial charge in [-0.25, -0.2) is 4.98 Å². The Morgan fingerprint density at radius 3 is 2.93 bits per heavy atom. The number of amides is 1. The van der Waals surface area contributed by atoms with Gasteiger partial charge in [-0.15, -0.1) is 0 Å². The van der Waals surface area contributed by atoms with Crippen LogP contribution in [0, 0.1) is 0 Å². The molecule has 0 saturated carbocycles. The van der Waals surface area contributed by atoms with Crippen LogP contribution in [0.2, 0.25) is 0 Å². The molecule has 7 nitrogen and oxygen atoms in total. The van der Waals surface area contributed by atoms with Crippen LogP contribution in [0.25, 0.3) is 11.0 Å². The molecule has 0 spiro atoms. The number of aromatic amines is 1. The average Bonchev–Trinajstić information content (AvgIpc) is 3.22. The van der Waals surface area contributed by atoms with Gasteiger partial charge in [0.1, 0.15) is 5.39 Å². The molecule has 1 aliphatic rings. The number of nitrogens with zero attached hydrogens (tertiary/aromatic N) is 3. The summed E-state index contributed by atoms with van der Waals surface area (Å²) in [7, 11) is 0. The Balaban J connectivity index is 1.57. The molecule has 0 aliphatic carbocycles. The number of thioether (sulfide) groups is 1. The van der Waals surface area contributed by atoms with Crippen LogP contribution >= 0.6 is 11.8 Å². The van der Waals surface area contributed by atoms with Gasteiger partial charge in [-0.3, -0.25) is 19.3 Å². The van der Waals surface area contributed by atoms with Crippen molar-refractivity contribution in [2.45, 2.75) is 23.8 Å². The van der Waals surface area contributed by atoms with Crippen molar-refractivity contribution in [2.75, 3.05) is 11.1 Å². The minimum absolute atomic E-state index is 0.142. The highest BCUT2D eigenvalue weighted by Crippen LogP contribution is 2.36. The lowest BCUT2D eigenvalue weighted by Crippen LogP contribution is -2.28. The average molecular weight is 395 g/mol. The quantitative estimate of drug-likeness (QED) is 0.666. The zero-order valence-electron chi connectivity index (χ0n) is 13.6. The Morgan fingerprint density at radius 1 is 1.37 bits per heavy atom. The topological polar surface area (TPSA) is 92.7 Å². The van der Waals surface area contributed by atoms with Crippen molar-refractivity contribution in [3.8, 4) is 0 Å². The molecule has 0 saturated heterocycles. The molecular weight excluding hydrogens is 383 g/mol. The first-order chi connectivity index (χ1) is 12.8. The summed E-state index contributed by atoms with van der Waals surface area (Å²) in [5, 5.41) is 9.46. The number of para-hydroxylation sites is 1. The number of hydrogen-bond donors (Lipinski definition) is 2. The lowest BCUT2D eigenvalue weighted by molar-refractivity contribution is -0.137. The van der Waals surface area contributed by atoms with Crippen molar-refractivity contribution >= 4 is 34.4 Å². The molecule has 1 aromatic carbocycles. The largest absolute Gasteiger partial charge is 0.418 e. The third-order valence-electron chi connectivity index (χ3n) is 4.18. The SMILES string of the molecule is O=C(CC1CSc2nc3[nH]ncc3c(=O)n21)Nc1ccccc1C(F)(F)F. The Hall–Kier alpha value is -2.82. The summed E-state index contributed by atoms with van der Waals surface area (Å²) in [6, 6.07) is 4.27. The van der Waals surface area contributed by atoms with Crippen LogP contribution in [0.1, 0.15) is 18.0 Å². The molecule has 1 atom stereocenters. The highest BCUT2D eigenvalue weighted by molar-refractivity contribution is 7.99. The van der Waals surface area contributed by atoms with Gasteiger partial charge in [0.2, 0.25) is 5.91 Å². The van der Waals surface area contributed by atoms with Crippen molar-refractivity contribution in [2.24, 2.45) is 0 Å². The minimum Gasteiger partial charge on any atom is -0.325 e. The number of halogens is 3. The molecule has 140 valence electrons. The molecular formula is C16H12F3N5O2S. The van der Waals surface area contributed by atoms with Crippen LogP contribution in [0.4, 0.5) is 18.9 Å². The third-order valence-corrected chi connectivity index (χ3v) is 5.28. The van der Waals surface area contributed by atoms with Gasteiger partial charge in [-0.05, 0) is 12.1 Å². The predicted molar refractivity (Wildman–Crippen MR) is 92.6 cm³/mol. The number of anilines is 1. The molecule has 3 heterocycles. The number of carbonyl (C=O) groups is 1. The summed E-state index contributed by atoms with van der Waals surface area (Å²) in [5.41, 5.74) is -1.19. The molecule has 4 rings (SSSR count). The monoisotopic (exact) mass is 395 g/mol. The fraction of sp³-hybridized carbons (Fsp3) is 0.250. The highest BCUT2D eigenvalue weighted by Gasteiger charge is 2.34. The molecule has 0 radical (unpaired) electrons. The lowest BCUT2D eigenvalue weighted by atomic mass is 10.1. The van der Waals surface area contributed by atoms with Crippen LogP contribution in [-0.2, 0) is 11.0 Å². The number of fused-ring (bicyclic) bond motifs is 2. The van der Waals surface area contributed by atoms with E-state index in [2.05, 4.69) is 20.5 Å². The van der Waals surface area contributed by atoms with E-state index in [1.807, 2.05) is 0 Å². The summed E-state index contributed by atoms with van der Waals surface area (Å²) in [5.74, 6) is -0.180. The maximum atomic E-state index is 13.1. The number of nitrogens with one attached hydrogen (secondary N) is 2. The van der Waals surface area contributed by atoms with Gasteiger partial charge in [0.15, 0.2) is 10.8 Å². The first kappa shape index (κ1) is 17.6.